The zero-order chi connectivity index (χ0) is 23.8. The van der Waals surface area contributed by atoms with Crippen molar-refractivity contribution in [1.82, 2.24) is 14.9 Å². The number of hydrogen-bond acceptors (Lipinski definition) is 5. The second kappa shape index (κ2) is 11.2. The van der Waals surface area contributed by atoms with Crippen molar-refractivity contribution in [3.8, 4) is 17.2 Å². The second-order valence-electron chi connectivity index (χ2n) is 7.82. The van der Waals surface area contributed by atoms with Gasteiger partial charge in [-0.2, -0.15) is 0 Å². The Balaban J connectivity index is 1.34. The van der Waals surface area contributed by atoms with Crippen LogP contribution in [0.1, 0.15) is 11.4 Å². The van der Waals surface area contributed by atoms with E-state index in [-0.39, 0.29) is 5.91 Å². The summed E-state index contributed by atoms with van der Waals surface area (Å²) in [4.78, 5) is 17.2. The Bertz CT molecular complexity index is 1220. The van der Waals surface area contributed by atoms with Crippen LogP contribution in [0.25, 0.3) is 11.0 Å². The van der Waals surface area contributed by atoms with Crippen molar-refractivity contribution in [2.24, 2.45) is 0 Å². The molecule has 0 aliphatic heterocycles. The highest BCUT2D eigenvalue weighted by molar-refractivity contribution is 5.78. The number of nitrogens with zero attached hydrogens (tertiary/aromatic N) is 2. The Morgan fingerprint density at radius 3 is 2.24 bits per heavy atom. The monoisotopic (exact) mass is 459 g/mol. The van der Waals surface area contributed by atoms with E-state index in [0.717, 1.165) is 39.7 Å². The fourth-order valence-electron chi connectivity index (χ4n) is 3.80. The molecule has 1 amide bonds. The fourth-order valence-corrected chi connectivity index (χ4v) is 3.80. The van der Waals surface area contributed by atoms with Crippen molar-refractivity contribution >= 4 is 16.9 Å². The van der Waals surface area contributed by atoms with Crippen LogP contribution in [0.15, 0.2) is 72.8 Å². The minimum atomic E-state index is -0.0179. The van der Waals surface area contributed by atoms with Crippen LogP contribution < -0.4 is 19.5 Å². The Morgan fingerprint density at radius 2 is 1.53 bits per heavy atom. The van der Waals surface area contributed by atoms with Crippen LogP contribution in [-0.2, 0) is 24.2 Å². The molecule has 0 aliphatic carbocycles. The van der Waals surface area contributed by atoms with Crippen LogP contribution in [0.5, 0.6) is 17.2 Å². The molecular formula is C27H29N3O4. The Kier molecular flexibility index (Phi) is 7.65. The summed E-state index contributed by atoms with van der Waals surface area (Å²) < 4.78 is 18.4. The van der Waals surface area contributed by atoms with E-state index in [1.165, 1.54) is 0 Å². The number of para-hydroxylation sites is 2. The fraction of sp³-hybridized carbons (Fsp3) is 0.259. The summed E-state index contributed by atoms with van der Waals surface area (Å²) in [6.45, 7) is 1.67. The van der Waals surface area contributed by atoms with Gasteiger partial charge in [0.25, 0.3) is 0 Å². The lowest BCUT2D eigenvalue weighted by Crippen LogP contribution is -2.28. The quantitative estimate of drug-likeness (QED) is 0.367. The van der Waals surface area contributed by atoms with E-state index in [0.29, 0.717) is 32.5 Å². The number of imidazole rings is 1. The zero-order valence-electron chi connectivity index (χ0n) is 19.5. The number of fused-ring (bicyclic) bond motifs is 1. The molecule has 34 heavy (non-hydrogen) atoms. The van der Waals surface area contributed by atoms with E-state index in [1.807, 2.05) is 66.7 Å². The topological polar surface area (TPSA) is 74.6 Å². The first kappa shape index (κ1) is 23.2. The number of methoxy groups -OCH3 is 2. The van der Waals surface area contributed by atoms with Crippen LogP contribution >= 0.6 is 0 Å². The summed E-state index contributed by atoms with van der Waals surface area (Å²) >= 11 is 0. The van der Waals surface area contributed by atoms with Crippen molar-refractivity contribution in [3.05, 3.63) is 84.2 Å². The molecule has 0 saturated heterocycles. The normalized spacial score (nSPS) is 10.8. The van der Waals surface area contributed by atoms with Crippen molar-refractivity contribution in [2.45, 2.75) is 19.4 Å². The molecular weight excluding hydrogens is 430 g/mol. The van der Waals surface area contributed by atoms with Crippen molar-refractivity contribution in [2.75, 3.05) is 27.4 Å². The van der Waals surface area contributed by atoms with E-state index in [1.54, 1.807) is 14.2 Å². The molecule has 0 radical (unpaired) electrons. The maximum Gasteiger partial charge on any atom is 0.224 e. The van der Waals surface area contributed by atoms with Gasteiger partial charge >= 0.3 is 0 Å². The standard InChI is InChI=1S/C27H29N3O4/c1-32-21-9-7-20(8-10-21)19-27(31)28-16-15-26-29-24-5-3-4-6-25(24)30(26)17-18-34-23-13-11-22(33-2)12-14-23/h3-14H,15-19H2,1-2H3,(H,28,31). The van der Waals surface area contributed by atoms with Gasteiger partial charge in [-0.25, -0.2) is 4.98 Å². The third-order valence-electron chi connectivity index (χ3n) is 5.57. The molecule has 0 fully saturated rings. The molecule has 0 aliphatic rings. The number of hydrogen-bond donors (Lipinski definition) is 1. The van der Waals surface area contributed by atoms with Gasteiger partial charge in [0.05, 0.1) is 38.2 Å². The molecule has 3 aromatic carbocycles. The molecule has 0 atom stereocenters. The smallest absolute Gasteiger partial charge is 0.224 e. The summed E-state index contributed by atoms with van der Waals surface area (Å²) in [7, 11) is 3.27. The lowest BCUT2D eigenvalue weighted by atomic mass is 10.1. The molecule has 0 saturated carbocycles. The number of aromatic nitrogens is 2. The van der Waals surface area contributed by atoms with Gasteiger partial charge in [-0.15, -0.1) is 0 Å². The third-order valence-corrected chi connectivity index (χ3v) is 5.57. The number of amides is 1. The molecule has 0 unspecified atom stereocenters. The number of rotatable bonds is 11. The molecule has 7 heteroatoms. The molecule has 1 heterocycles. The van der Waals surface area contributed by atoms with Crippen LogP contribution in [0.2, 0.25) is 0 Å². The summed E-state index contributed by atoms with van der Waals surface area (Å²) in [5.74, 6) is 3.26. The highest BCUT2D eigenvalue weighted by Crippen LogP contribution is 2.19. The van der Waals surface area contributed by atoms with E-state index in [2.05, 4.69) is 16.0 Å². The summed E-state index contributed by atoms with van der Waals surface area (Å²) in [5, 5.41) is 3.01. The Labute approximate surface area is 199 Å². The highest BCUT2D eigenvalue weighted by Gasteiger charge is 2.11. The number of ether oxygens (including phenoxy) is 3. The van der Waals surface area contributed by atoms with Gasteiger partial charge in [-0.05, 0) is 54.1 Å². The minimum absolute atomic E-state index is 0.0179. The van der Waals surface area contributed by atoms with Gasteiger partial charge in [0, 0.05) is 13.0 Å². The van der Waals surface area contributed by atoms with Crippen LogP contribution in [-0.4, -0.2) is 42.8 Å². The predicted octanol–water partition coefficient (Wildman–Crippen LogP) is 4.03. The van der Waals surface area contributed by atoms with E-state index in [4.69, 9.17) is 19.2 Å². The average molecular weight is 460 g/mol. The molecule has 4 rings (SSSR count). The predicted molar refractivity (Wildman–Crippen MR) is 132 cm³/mol. The summed E-state index contributed by atoms with van der Waals surface area (Å²) in [5.41, 5.74) is 2.94. The van der Waals surface area contributed by atoms with Crippen LogP contribution in [0.4, 0.5) is 0 Å². The first-order valence-corrected chi connectivity index (χ1v) is 11.3. The van der Waals surface area contributed by atoms with Crippen molar-refractivity contribution in [3.63, 3.8) is 0 Å². The average Bonchev–Trinajstić information content (AvgIpc) is 3.22. The number of nitrogens with one attached hydrogen (secondary N) is 1. The summed E-state index contributed by atoms with van der Waals surface area (Å²) in [6, 6.07) is 23.1. The molecule has 4 aromatic rings. The van der Waals surface area contributed by atoms with Crippen LogP contribution in [0, 0.1) is 0 Å². The van der Waals surface area contributed by atoms with Gasteiger partial charge in [0.2, 0.25) is 5.91 Å². The number of benzene rings is 3. The molecule has 1 N–H and O–H groups in total. The number of carbonyl (C=O) groups is 1. The van der Waals surface area contributed by atoms with Crippen molar-refractivity contribution < 1.29 is 19.0 Å². The Hall–Kier alpha value is -4.00. The van der Waals surface area contributed by atoms with Gasteiger partial charge in [-0.3, -0.25) is 4.79 Å². The molecule has 176 valence electrons. The van der Waals surface area contributed by atoms with Gasteiger partial charge in [-0.1, -0.05) is 24.3 Å². The maximum atomic E-state index is 12.4. The lowest BCUT2D eigenvalue weighted by molar-refractivity contribution is -0.120. The first-order chi connectivity index (χ1) is 16.7. The van der Waals surface area contributed by atoms with Gasteiger partial charge in [0.1, 0.15) is 29.7 Å². The second-order valence-corrected chi connectivity index (χ2v) is 7.82. The third kappa shape index (κ3) is 5.86. The SMILES string of the molecule is COc1ccc(CC(=O)NCCc2nc3ccccc3n2CCOc2ccc(OC)cc2)cc1. The summed E-state index contributed by atoms with van der Waals surface area (Å²) in [6.07, 6.45) is 0.960. The molecule has 7 nitrogen and oxygen atoms in total. The first-order valence-electron chi connectivity index (χ1n) is 11.3. The maximum absolute atomic E-state index is 12.4. The van der Waals surface area contributed by atoms with Gasteiger partial charge < -0.3 is 24.1 Å². The van der Waals surface area contributed by atoms with Crippen molar-refractivity contribution in [1.29, 1.82) is 0 Å². The zero-order valence-corrected chi connectivity index (χ0v) is 19.5. The van der Waals surface area contributed by atoms with E-state index < -0.39 is 0 Å². The van der Waals surface area contributed by atoms with E-state index in [9.17, 15) is 4.79 Å². The van der Waals surface area contributed by atoms with Crippen LogP contribution in [0.3, 0.4) is 0 Å². The molecule has 0 spiro atoms. The molecule has 0 bridgehead atoms. The molecule has 1 aromatic heterocycles. The Morgan fingerprint density at radius 1 is 0.882 bits per heavy atom. The number of carbonyl (C=O) groups excluding carboxylic acids is 1. The van der Waals surface area contributed by atoms with E-state index >= 15 is 0 Å². The highest BCUT2D eigenvalue weighted by atomic mass is 16.5. The van der Waals surface area contributed by atoms with Gasteiger partial charge in [0.15, 0.2) is 0 Å². The minimum Gasteiger partial charge on any atom is -0.497 e. The lowest BCUT2D eigenvalue weighted by Gasteiger charge is -2.12. The largest absolute Gasteiger partial charge is 0.497 e.